The number of rotatable bonds is 7. The van der Waals surface area contributed by atoms with Gasteiger partial charge >= 0.3 is 0 Å². The van der Waals surface area contributed by atoms with Gasteiger partial charge in [0.25, 0.3) is 10.0 Å². The van der Waals surface area contributed by atoms with E-state index < -0.39 is 44.5 Å². The van der Waals surface area contributed by atoms with Crippen LogP contribution in [0.15, 0.2) is 35.5 Å². The fourth-order valence-corrected chi connectivity index (χ4v) is 4.97. The van der Waals surface area contributed by atoms with Gasteiger partial charge in [-0.25, -0.2) is 31.6 Å². The number of nitrogens with two attached hydrogens (primary N) is 1. The van der Waals surface area contributed by atoms with E-state index in [-0.39, 0.29) is 36.0 Å². The Morgan fingerprint density at radius 3 is 2.66 bits per heavy atom. The van der Waals surface area contributed by atoms with Gasteiger partial charge in [0.05, 0.1) is 53.7 Å². The zero-order valence-corrected chi connectivity index (χ0v) is 20.9. The first-order valence-electron chi connectivity index (χ1n) is 11.0. The molecule has 0 bridgehead atoms. The molecule has 0 radical (unpaired) electrons. The SMILES string of the molecule is COc1ncc(CF)cc1S(=O)(=O)Nc1ccc(F)c(C#Cc2cnc(N)c3c(C)nn(CCO)c23)c1F. The third-order valence-corrected chi connectivity index (χ3v) is 6.81. The lowest BCUT2D eigenvalue weighted by Gasteiger charge is -2.13. The van der Waals surface area contributed by atoms with E-state index in [1.54, 1.807) is 6.92 Å². The van der Waals surface area contributed by atoms with Crippen molar-refractivity contribution >= 4 is 32.4 Å². The number of aliphatic hydroxyl groups is 1. The van der Waals surface area contributed by atoms with Gasteiger partial charge < -0.3 is 15.6 Å². The smallest absolute Gasteiger partial charge is 0.267 e. The molecule has 0 spiro atoms. The summed E-state index contributed by atoms with van der Waals surface area (Å²) in [6.45, 7) is 0.581. The molecule has 38 heavy (non-hydrogen) atoms. The largest absolute Gasteiger partial charge is 0.480 e. The Balaban J connectivity index is 1.78. The van der Waals surface area contributed by atoms with Crippen LogP contribution in [-0.4, -0.2) is 47.0 Å². The second-order valence-electron chi connectivity index (χ2n) is 7.94. The first kappa shape index (κ1) is 26.7. The van der Waals surface area contributed by atoms with Gasteiger partial charge in [0.15, 0.2) is 5.82 Å². The number of fused-ring (bicyclic) bond motifs is 1. The van der Waals surface area contributed by atoms with E-state index in [1.807, 2.05) is 4.72 Å². The van der Waals surface area contributed by atoms with Crippen molar-refractivity contribution in [2.45, 2.75) is 25.0 Å². The highest BCUT2D eigenvalue weighted by molar-refractivity contribution is 7.92. The molecule has 0 aliphatic heterocycles. The monoisotopic (exact) mass is 546 g/mol. The lowest BCUT2D eigenvalue weighted by Crippen LogP contribution is -2.16. The van der Waals surface area contributed by atoms with E-state index in [2.05, 4.69) is 26.9 Å². The predicted octanol–water partition coefficient (Wildman–Crippen LogP) is 2.67. The van der Waals surface area contributed by atoms with Crippen LogP contribution in [0.25, 0.3) is 10.9 Å². The molecule has 0 saturated carbocycles. The van der Waals surface area contributed by atoms with Gasteiger partial charge in [0.1, 0.15) is 23.2 Å². The van der Waals surface area contributed by atoms with Crippen LogP contribution in [0.1, 0.15) is 22.4 Å². The Kier molecular flexibility index (Phi) is 7.42. The Hall–Kier alpha value is -4.35. The molecule has 14 heteroatoms. The Bertz CT molecular complexity index is 1710. The lowest BCUT2D eigenvalue weighted by atomic mass is 10.1. The third kappa shape index (κ3) is 4.93. The van der Waals surface area contributed by atoms with Crippen LogP contribution >= 0.6 is 0 Å². The number of halogens is 3. The average molecular weight is 547 g/mol. The van der Waals surface area contributed by atoms with Crippen LogP contribution in [-0.2, 0) is 23.2 Å². The van der Waals surface area contributed by atoms with Gasteiger partial charge in [-0.2, -0.15) is 5.10 Å². The maximum Gasteiger partial charge on any atom is 0.267 e. The Labute approximate surface area is 215 Å². The van der Waals surface area contributed by atoms with E-state index in [1.165, 1.54) is 18.0 Å². The van der Waals surface area contributed by atoms with Crippen molar-refractivity contribution < 1.29 is 31.4 Å². The molecular formula is C24H21F3N6O4S. The first-order chi connectivity index (χ1) is 18.1. The van der Waals surface area contributed by atoms with Crippen molar-refractivity contribution in [2.24, 2.45) is 0 Å². The van der Waals surface area contributed by atoms with Gasteiger partial charge in [-0.1, -0.05) is 11.8 Å². The summed E-state index contributed by atoms with van der Waals surface area (Å²) in [5.41, 5.74) is 5.76. The molecule has 10 nitrogen and oxygen atoms in total. The molecule has 0 atom stereocenters. The number of nitrogens with zero attached hydrogens (tertiary/aromatic N) is 4. The van der Waals surface area contributed by atoms with Crippen LogP contribution in [0.5, 0.6) is 5.88 Å². The number of nitrogen functional groups attached to an aromatic ring is 1. The summed E-state index contributed by atoms with van der Waals surface area (Å²) in [5.74, 6) is 2.53. The number of aryl methyl sites for hydroxylation is 1. The minimum atomic E-state index is -4.52. The molecule has 0 unspecified atom stereocenters. The number of sulfonamides is 1. The summed E-state index contributed by atoms with van der Waals surface area (Å²) in [5, 5.41) is 14.2. The number of nitrogens with one attached hydrogen (secondary N) is 1. The van der Waals surface area contributed by atoms with Crippen molar-refractivity contribution in [1.29, 1.82) is 0 Å². The molecular weight excluding hydrogens is 525 g/mol. The molecule has 4 rings (SSSR count). The van der Waals surface area contributed by atoms with Crippen molar-refractivity contribution in [3.63, 3.8) is 0 Å². The molecule has 198 valence electrons. The van der Waals surface area contributed by atoms with Crippen LogP contribution in [0.3, 0.4) is 0 Å². The van der Waals surface area contributed by atoms with Crippen LogP contribution in [0.4, 0.5) is 24.7 Å². The molecule has 0 aliphatic carbocycles. The number of hydrogen-bond donors (Lipinski definition) is 3. The molecule has 4 N–H and O–H groups in total. The summed E-state index contributed by atoms with van der Waals surface area (Å²) in [7, 11) is -3.36. The summed E-state index contributed by atoms with van der Waals surface area (Å²) in [6.07, 6.45) is 2.40. The van der Waals surface area contributed by atoms with E-state index in [9.17, 15) is 22.3 Å². The summed E-state index contributed by atoms with van der Waals surface area (Å²) in [4.78, 5) is 7.28. The summed E-state index contributed by atoms with van der Waals surface area (Å²) < 4.78 is 77.3. The first-order valence-corrected chi connectivity index (χ1v) is 12.4. The molecule has 1 aromatic carbocycles. The molecule has 0 saturated heterocycles. The van der Waals surface area contributed by atoms with E-state index >= 15 is 4.39 Å². The number of benzene rings is 1. The van der Waals surface area contributed by atoms with Crippen molar-refractivity contribution in [3.05, 3.63) is 64.6 Å². The van der Waals surface area contributed by atoms with E-state index in [0.717, 1.165) is 24.4 Å². The standard InChI is InChI=1S/C24H21F3N6O4S/c1-13-20-22(33(31-13)7-8-34)15(12-29-23(20)28)3-4-16-17(26)5-6-18(21(16)27)32-38(35,36)19-9-14(10-25)11-30-24(19)37-2/h5-6,9,11-12,32,34H,7-8,10H2,1-2H3,(H2,28,29). The number of aromatic nitrogens is 4. The van der Waals surface area contributed by atoms with Gasteiger partial charge in [-0.05, 0) is 25.1 Å². The minimum Gasteiger partial charge on any atom is -0.480 e. The second-order valence-corrected chi connectivity index (χ2v) is 9.59. The number of anilines is 2. The van der Waals surface area contributed by atoms with Crippen molar-refractivity contribution in [3.8, 4) is 17.7 Å². The van der Waals surface area contributed by atoms with Crippen molar-refractivity contribution in [1.82, 2.24) is 19.7 Å². The number of pyridine rings is 2. The highest BCUT2D eigenvalue weighted by atomic mass is 32.2. The maximum atomic E-state index is 15.3. The van der Waals surface area contributed by atoms with Crippen LogP contribution in [0.2, 0.25) is 0 Å². The van der Waals surface area contributed by atoms with E-state index in [0.29, 0.717) is 16.6 Å². The van der Waals surface area contributed by atoms with Gasteiger partial charge in [0.2, 0.25) is 5.88 Å². The number of hydrogen-bond acceptors (Lipinski definition) is 8. The summed E-state index contributed by atoms with van der Waals surface area (Å²) >= 11 is 0. The lowest BCUT2D eigenvalue weighted by molar-refractivity contribution is 0.271. The molecule has 4 aromatic rings. The number of methoxy groups -OCH3 is 1. The Morgan fingerprint density at radius 2 is 1.97 bits per heavy atom. The molecule has 0 fully saturated rings. The molecule has 3 aromatic heterocycles. The maximum absolute atomic E-state index is 15.3. The van der Waals surface area contributed by atoms with Crippen LogP contribution < -0.4 is 15.2 Å². The normalized spacial score (nSPS) is 11.3. The minimum absolute atomic E-state index is 0.0450. The molecule has 0 amide bonds. The topological polar surface area (TPSA) is 145 Å². The Morgan fingerprint density at radius 1 is 1.21 bits per heavy atom. The fourth-order valence-electron chi connectivity index (χ4n) is 3.74. The fraction of sp³-hybridized carbons (Fsp3) is 0.208. The zero-order chi connectivity index (χ0) is 27.6. The summed E-state index contributed by atoms with van der Waals surface area (Å²) in [6, 6.07) is 2.72. The second kappa shape index (κ2) is 10.6. The number of alkyl halides is 1. The highest BCUT2D eigenvalue weighted by Crippen LogP contribution is 2.29. The van der Waals surface area contributed by atoms with Gasteiger partial charge in [0, 0.05) is 18.0 Å². The average Bonchev–Trinajstić information content (AvgIpc) is 3.23. The van der Waals surface area contributed by atoms with Gasteiger partial charge in [-0.15, -0.1) is 0 Å². The predicted molar refractivity (Wildman–Crippen MR) is 133 cm³/mol. The van der Waals surface area contributed by atoms with E-state index in [4.69, 9.17) is 10.5 Å². The number of aliphatic hydroxyl groups excluding tert-OH is 1. The van der Waals surface area contributed by atoms with Crippen LogP contribution in [0, 0.1) is 30.4 Å². The van der Waals surface area contributed by atoms with Crippen molar-refractivity contribution in [2.75, 3.05) is 24.2 Å². The third-order valence-electron chi connectivity index (χ3n) is 5.45. The highest BCUT2D eigenvalue weighted by Gasteiger charge is 2.24. The van der Waals surface area contributed by atoms with Gasteiger partial charge in [-0.3, -0.25) is 9.40 Å². The molecule has 3 heterocycles. The zero-order valence-electron chi connectivity index (χ0n) is 20.1. The number of ether oxygens (including phenoxy) is 1. The molecule has 0 aliphatic rings. The quantitative estimate of drug-likeness (QED) is 0.300.